The van der Waals surface area contributed by atoms with Crippen molar-refractivity contribution in [3.63, 3.8) is 0 Å². The van der Waals surface area contributed by atoms with Gasteiger partial charge in [0.25, 0.3) is 0 Å². The van der Waals surface area contributed by atoms with Gasteiger partial charge in [-0.25, -0.2) is 9.97 Å². The third kappa shape index (κ3) is 2.61. The molecule has 5 heteroatoms. The molecule has 0 amide bonds. The number of nitrogens with one attached hydrogen (secondary N) is 1. The van der Waals surface area contributed by atoms with Gasteiger partial charge >= 0.3 is 0 Å². The van der Waals surface area contributed by atoms with E-state index in [1.165, 1.54) is 0 Å². The zero-order valence-electron chi connectivity index (χ0n) is 11.2. The third-order valence-electron chi connectivity index (χ3n) is 3.35. The molecule has 0 fully saturated rings. The molecule has 18 heavy (non-hydrogen) atoms. The molecule has 0 bridgehead atoms. The van der Waals surface area contributed by atoms with Crippen molar-refractivity contribution in [1.82, 2.24) is 15.0 Å². The Bertz CT molecular complexity index is 505. The van der Waals surface area contributed by atoms with Crippen LogP contribution in [0.25, 0.3) is 11.0 Å². The van der Waals surface area contributed by atoms with Crippen LogP contribution in [-0.4, -0.2) is 34.6 Å². The molecule has 0 spiro atoms. The number of hydrogen-bond donors (Lipinski definition) is 2. The van der Waals surface area contributed by atoms with Crippen molar-refractivity contribution < 1.29 is 0 Å². The number of H-pyrrole nitrogens is 1. The highest BCUT2D eigenvalue weighted by atomic mass is 15.2. The predicted molar refractivity (Wildman–Crippen MR) is 74.6 cm³/mol. The Kier molecular flexibility index (Phi) is 3.81. The summed E-state index contributed by atoms with van der Waals surface area (Å²) in [4.78, 5) is 13.8. The van der Waals surface area contributed by atoms with Gasteiger partial charge in [-0.2, -0.15) is 0 Å². The summed E-state index contributed by atoms with van der Waals surface area (Å²) in [5.74, 6) is 1.47. The average molecular weight is 247 g/mol. The quantitative estimate of drug-likeness (QED) is 0.844. The Labute approximate surface area is 107 Å². The zero-order valence-corrected chi connectivity index (χ0v) is 11.2. The van der Waals surface area contributed by atoms with Crippen molar-refractivity contribution >= 4 is 16.9 Å². The van der Waals surface area contributed by atoms with Gasteiger partial charge in [-0.15, -0.1) is 0 Å². The Morgan fingerprint density at radius 1 is 1.39 bits per heavy atom. The highest BCUT2D eigenvalue weighted by molar-refractivity contribution is 5.87. The van der Waals surface area contributed by atoms with Crippen LogP contribution in [0.5, 0.6) is 0 Å². The van der Waals surface area contributed by atoms with E-state index >= 15 is 0 Å². The molecule has 2 aromatic heterocycles. The summed E-state index contributed by atoms with van der Waals surface area (Å²) in [6.07, 6.45) is 4.44. The van der Waals surface area contributed by atoms with Crippen LogP contribution in [0.4, 0.5) is 5.82 Å². The first-order valence-electron chi connectivity index (χ1n) is 6.34. The molecule has 0 saturated carbocycles. The van der Waals surface area contributed by atoms with Crippen LogP contribution < -0.4 is 10.6 Å². The summed E-state index contributed by atoms with van der Waals surface area (Å²) < 4.78 is 0. The number of hydrogen-bond acceptors (Lipinski definition) is 4. The molecule has 0 aliphatic carbocycles. The molecule has 1 atom stereocenters. The van der Waals surface area contributed by atoms with E-state index in [1.54, 1.807) is 6.33 Å². The van der Waals surface area contributed by atoms with Crippen LogP contribution in [0.1, 0.15) is 20.3 Å². The van der Waals surface area contributed by atoms with E-state index in [0.717, 1.165) is 29.8 Å². The Morgan fingerprint density at radius 2 is 2.17 bits per heavy atom. The monoisotopic (exact) mass is 247 g/mol. The van der Waals surface area contributed by atoms with Gasteiger partial charge in [-0.1, -0.05) is 13.8 Å². The summed E-state index contributed by atoms with van der Waals surface area (Å²) in [6, 6.07) is 2.24. The predicted octanol–water partition coefficient (Wildman–Crippen LogP) is 1.77. The summed E-state index contributed by atoms with van der Waals surface area (Å²) >= 11 is 0. The summed E-state index contributed by atoms with van der Waals surface area (Å²) in [6.45, 7) is 5.20. The van der Waals surface area contributed by atoms with Crippen LogP contribution >= 0.6 is 0 Å². The molecule has 3 N–H and O–H groups in total. The topological polar surface area (TPSA) is 70.8 Å². The van der Waals surface area contributed by atoms with Crippen molar-refractivity contribution in [3.05, 3.63) is 18.6 Å². The Hall–Kier alpha value is -1.62. The first-order valence-corrected chi connectivity index (χ1v) is 6.34. The SMILES string of the molecule is CC(C)C(N)CCN(C)c1ncnc2[nH]ccc12. The normalized spacial score (nSPS) is 13.2. The second-order valence-electron chi connectivity index (χ2n) is 5.06. The number of aromatic amines is 1. The summed E-state index contributed by atoms with van der Waals surface area (Å²) in [7, 11) is 2.04. The number of anilines is 1. The zero-order chi connectivity index (χ0) is 13.1. The molecule has 0 aliphatic heterocycles. The van der Waals surface area contributed by atoms with Gasteiger partial charge in [0.1, 0.15) is 17.8 Å². The maximum Gasteiger partial charge on any atom is 0.142 e. The summed E-state index contributed by atoms with van der Waals surface area (Å²) in [5, 5.41) is 1.05. The molecule has 0 saturated heterocycles. The van der Waals surface area contributed by atoms with E-state index in [9.17, 15) is 0 Å². The average Bonchev–Trinajstić information content (AvgIpc) is 2.83. The minimum atomic E-state index is 0.232. The lowest BCUT2D eigenvalue weighted by Crippen LogP contribution is -2.32. The van der Waals surface area contributed by atoms with Gasteiger partial charge in [0.2, 0.25) is 0 Å². The second kappa shape index (κ2) is 5.35. The van der Waals surface area contributed by atoms with Crippen LogP contribution in [0, 0.1) is 5.92 Å². The minimum Gasteiger partial charge on any atom is -0.359 e. The lowest BCUT2D eigenvalue weighted by molar-refractivity contribution is 0.466. The molecule has 2 aromatic rings. The fourth-order valence-corrected chi connectivity index (χ4v) is 1.94. The molecular formula is C13H21N5. The fourth-order valence-electron chi connectivity index (χ4n) is 1.94. The van der Waals surface area contributed by atoms with Crippen molar-refractivity contribution in [2.45, 2.75) is 26.3 Å². The molecule has 2 rings (SSSR count). The van der Waals surface area contributed by atoms with E-state index in [-0.39, 0.29) is 6.04 Å². The van der Waals surface area contributed by atoms with E-state index in [2.05, 4.69) is 33.7 Å². The maximum absolute atomic E-state index is 6.07. The summed E-state index contributed by atoms with van der Waals surface area (Å²) in [5.41, 5.74) is 6.94. The second-order valence-corrected chi connectivity index (χ2v) is 5.06. The van der Waals surface area contributed by atoms with Crippen molar-refractivity contribution in [2.24, 2.45) is 11.7 Å². The van der Waals surface area contributed by atoms with Gasteiger partial charge in [0.15, 0.2) is 0 Å². The highest BCUT2D eigenvalue weighted by Gasteiger charge is 2.12. The Morgan fingerprint density at radius 3 is 2.89 bits per heavy atom. The van der Waals surface area contributed by atoms with Crippen LogP contribution in [0.3, 0.4) is 0 Å². The van der Waals surface area contributed by atoms with E-state index in [4.69, 9.17) is 5.73 Å². The molecule has 0 aromatic carbocycles. The van der Waals surface area contributed by atoms with Crippen LogP contribution in [-0.2, 0) is 0 Å². The smallest absolute Gasteiger partial charge is 0.142 e. The molecule has 1 unspecified atom stereocenters. The van der Waals surface area contributed by atoms with Gasteiger partial charge < -0.3 is 15.6 Å². The number of rotatable bonds is 5. The molecule has 2 heterocycles. The molecule has 5 nitrogen and oxygen atoms in total. The fraction of sp³-hybridized carbons (Fsp3) is 0.538. The molecular weight excluding hydrogens is 226 g/mol. The molecule has 0 radical (unpaired) electrons. The van der Waals surface area contributed by atoms with Crippen molar-refractivity contribution in [1.29, 1.82) is 0 Å². The van der Waals surface area contributed by atoms with E-state index in [1.807, 2.05) is 19.3 Å². The van der Waals surface area contributed by atoms with Gasteiger partial charge in [0.05, 0.1) is 5.39 Å². The van der Waals surface area contributed by atoms with Gasteiger partial charge in [-0.05, 0) is 18.4 Å². The number of aromatic nitrogens is 3. The van der Waals surface area contributed by atoms with Crippen molar-refractivity contribution in [2.75, 3.05) is 18.5 Å². The van der Waals surface area contributed by atoms with Crippen LogP contribution in [0.15, 0.2) is 18.6 Å². The number of nitrogens with zero attached hydrogens (tertiary/aromatic N) is 3. The maximum atomic E-state index is 6.07. The van der Waals surface area contributed by atoms with E-state index < -0.39 is 0 Å². The van der Waals surface area contributed by atoms with Gasteiger partial charge in [0, 0.05) is 25.8 Å². The first-order chi connectivity index (χ1) is 8.59. The standard InChI is InChI=1S/C13H21N5/c1-9(2)11(14)5-7-18(3)13-10-4-6-15-12(10)16-8-17-13/h4,6,8-9,11H,5,7,14H2,1-3H3,(H,15,16,17). The lowest BCUT2D eigenvalue weighted by Gasteiger charge is -2.22. The Balaban J connectivity index is 2.09. The molecule has 0 aliphatic rings. The largest absolute Gasteiger partial charge is 0.359 e. The van der Waals surface area contributed by atoms with E-state index in [0.29, 0.717) is 5.92 Å². The third-order valence-corrected chi connectivity index (χ3v) is 3.35. The number of fused-ring (bicyclic) bond motifs is 1. The first kappa shape index (κ1) is 12.8. The van der Waals surface area contributed by atoms with Crippen LogP contribution in [0.2, 0.25) is 0 Å². The van der Waals surface area contributed by atoms with Gasteiger partial charge in [-0.3, -0.25) is 0 Å². The molecule has 98 valence electrons. The minimum absolute atomic E-state index is 0.232. The highest BCUT2D eigenvalue weighted by Crippen LogP contribution is 2.21. The lowest BCUT2D eigenvalue weighted by atomic mass is 10.0. The van der Waals surface area contributed by atoms with Crippen molar-refractivity contribution in [3.8, 4) is 0 Å². The number of nitrogens with two attached hydrogens (primary N) is 1.